The van der Waals surface area contributed by atoms with Crippen molar-refractivity contribution in [2.45, 2.75) is 0 Å². The molecule has 3 aromatic carbocycles. The molecule has 0 aliphatic carbocycles. The third kappa shape index (κ3) is 3.70. The number of quaternary nitrogens is 1. The molecule has 138 valence electrons. The topological polar surface area (TPSA) is 114 Å². The van der Waals surface area contributed by atoms with E-state index in [1.165, 1.54) is 24.3 Å². The Morgan fingerprint density at radius 2 is 1.74 bits per heavy atom. The Morgan fingerprint density at radius 1 is 1.04 bits per heavy atom. The van der Waals surface area contributed by atoms with Crippen LogP contribution in [-0.2, 0) is 0 Å². The number of nitrogens with zero attached hydrogens (tertiary/aromatic N) is 4. The molecule has 3 rings (SSSR count). The Bertz CT molecular complexity index is 1070. The molecule has 27 heavy (non-hydrogen) atoms. The first-order valence-electron chi connectivity index (χ1n) is 8.20. The number of benzene rings is 3. The summed E-state index contributed by atoms with van der Waals surface area (Å²) in [5, 5.41) is 31.2. The van der Waals surface area contributed by atoms with E-state index in [4.69, 9.17) is 5.73 Å². The number of nitro groups is 1. The number of hydrogen-bond donors (Lipinski definition) is 2. The van der Waals surface area contributed by atoms with E-state index in [1.807, 2.05) is 39.3 Å². The molecule has 3 aromatic rings. The van der Waals surface area contributed by atoms with E-state index in [9.17, 15) is 15.2 Å². The smallest absolute Gasteiger partial charge is 0.298 e. The molecule has 0 aliphatic rings. The minimum Gasteiger partial charge on any atom is -0.506 e. The molecule has 0 aliphatic heterocycles. The van der Waals surface area contributed by atoms with Crippen molar-refractivity contribution in [2.75, 3.05) is 26.9 Å². The zero-order chi connectivity index (χ0) is 19.8. The minimum atomic E-state index is -0.567. The van der Waals surface area contributed by atoms with Gasteiger partial charge in [-0.1, -0.05) is 6.07 Å². The van der Waals surface area contributed by atoms with Crippen LogP contribution in [0.1, 0.15) is 0 Å². The van der Waals surface area contributed by atoms with Crippen LogP contribution in [0.2, 0.25) is 0 Å². The normalized spacial score (nSPS) is 12.0. The molecule has 0 aromatic heterocycles. The molecule has 0 saturated carbocycles. The lowest BCUT2D eigenvalue weighted by Crippen LogP contribution is -2.34. The van der Waals surface area contributed by atoms with Crippen LogP contribution in [0.5, 0.6) is 5.75 Å². The quantitative estimate of drug-likeness (QED) is 0.230. The number of fused-ring (bicyclic) bond motifs is 1. The molecule has 0 unspecified atom stereocenters. The summed E-state index contributed by atoms with van der Waals surface area (Å²) in [5.41, 5.74) is 6.97. The predicted molar refractivity (Wildman–Crippen MR) is 107 cm³/mol. The first-order chi connectivity index (χ1) is 12.7. The van der Waals surface area contributed by atoms with Gasteiger partial charge >= 0.3 is 0 Å². The van der Waals surface area contributed by atoms with Crippen LogP contribution in [0.4, 0.5) is 28.4 Å². The van der Waals surface area contributed by atoms with Gasteiger partial charge < -0.3 is 10.8 Å². The second kappa shape index (κ2) is 6.65. The van der Waals surface area contributed by atoms with Crippen LogP contribution in [0.25, 0.3) is 10.8 Å². The third-order valence-corrected chi connectivity index (χ3v) is 4.18. The van der Waals surface area contributed by atoms with Crippen molar-refractivity contribution in [3.05, 3.63) is 58.6 Å². The number of aromatic hydroxyl groups is 1. The lowest BCUT2D eigenvalue weighted by molar-refractivity contribution is -0.384. The van der Waals surface area contributed by atoms with Gasteiger partial charge in [0.1, 0.15) is 17.1 Å². The van der Waals surface area contributed by atoms with Crippen LogP contribution in [0.3, 0.4) is 0 Å². The highest BCUT2D eigenvalue weighted by atomic mass is 16.6. The van der Waals surface area contributed by atoms with Gasteiger partial charge in [0.2, 0.25) is 0 Å². The maximum atomic E-state index is 11.2. The number of hydrogen-bond acceptors (Lipinski definition) is 6. The van der Waals surface area contributed by atoms with Crippen LogP contribution < -0.4 is 10.2 Å². The van der Waals surface area contributed by atoms with Crippen LogP contribution in [0, 0.1) is 10.1 Å². The van der Waals surface area contributed by atoms with Crippen molar-refractivity contribution >= 4 is 39.2 Å². The van der Waals surface area contributed by atoms with Crippen LogP contribution in [-0.4, -0.2) is 31.2 Å². The molecule has 8 nitrogen and oxygen atoms in total. The van der Waals surface area contributed by atoms with Gasteiger partial charge in [-0.15, -0.1) is 10.2 Å². The van der Waals surface area contributed by atoms with E-state index in [0.29, 0.717) is 9.87 Å². The van der Waals surface area contributed by atoms with Gasteiger partial charge in [-0.3, -0.25) is 14.6 Å². The highest BCUT2D eigenvalue weighted by Crippen LogP contribution is 2.39. The average molecular weight is 366 g/mol. The predicted octanol–water partition coefficient (Wildman–Crippen LogP) is 4.65. The average Bonchev–Trinajstić information content (AvgIpc) is 2.60. The summed E-state index contributed by atoms with van der Waals surface area (Å²) >= 11 is 0. The number of nitrogen functional groups attached to an aromatic ring is 1. The molecule has 0 saturated heterocycles. The first-order valence-corrected chi connectivity index (χ1v) is 8.20. The Labute approximate surface area is 155 Å². The van der Waals surface area contributed by atoms with E-state index in [2.05, 4.69) is 10.2 Å². The number of rotatable bonds is 4. The molecule has 0 bridgehead atoms. The number of nitrogens with two attached hydrogens (primary N) is 1. The maximum Gasteiger partial charge on any atom is 0.298 e. The van der Waals surface area contributed by atoms with Crippen molar-refractivity contribution < 1.29 is 10.0 Å². The SMILES string of the molecule is C[N+](C)(C)c1ccc2ccc(O)c(N=Nc3ccc(N)cc3[N+](=O)[O-])c2c1. The molecule has 0 fully saturated rings. The summed E-state index contributed by atoms with van der Waals surface area (Å²) in [6.07, 6.45) is 0. The summed E-state index contributed by atoms with van der Waals surface area (Å²) in [5.74, 6) is -0.0529. The molecule has 0 atom stereocenters. The van der Waals surface area contributed by atoms with Crippen LogP contribution >= 0.6 is 0 Å². The van der Waals surface area contributed by atoms with E-state index < -0.39 is 4.92 Å². The Kier molecular flexibility index (Phi) is 4.50. The van der Waals surface area contributed by atoms with Crippen molar-refractivity contribution in [3.8, 4) is 5.75 Å². The number of nitro benzene ring substituents is 1. The molecule has 0 heterocycles. The molecule has 8 heteroatoms. The highest BCUT2D eigenvalue weighted by Gasteiger charge is 2.17. The fourth-order valence-corrected chi connectivity index (χ4v) is 2.68. The molecule has 0 radical (unpaired) electrons. The maximum absolute atomic E-state index is 11.2. The van der Waals surface area contributed by atoms with Crippen molar-refractivity contribution in [2.24, 2.45) is 10.2 Å². The molecular formula is C19H20N5O3+. The first kappa shape index (κ1) is 18.3. The monoisotopic (exact) mass is 366 g/mol. The van der Waals surface area contributed by atoms with Gasteiger partial charge in [0.05, 0.1) is 26.1 Å². The largest absolute Gasteiger partial charge is 0.506 e. The summed E-state index contributed by atoms with van der Waals surface area (Å²) < 4.78 is 0.589. The van der Waals surface area contributed by atoms with Gasteiger partial charge in [0, 0.05) is 23.2 Å². The standard InChI is InChI=1S/C19H19N5O3/c1-24(2,3)14-7-4-12-5-9-18(25)19(15(12)11-14)22-21-16-8-6-13(20)10-17(16)23(26)27/h4-11H,1-3H3,(H2-,20,21,22,25)/p+1. The number of anilines is 1. The minimum absolute atomic E-state index is 0.0529. The summed E-state index contributed by atoms with van der Waals surface area (Å²) in [6.45, 7) is 0. The van der Waals surface area contributed by atoms with Crippen molar-refractivity contribution in [1.29, 1.82) is 0 Å². The molecule has 3 N–H and O–H groups in total. The van der Waals surface area contributed by atoms with E-state index >= 15 is 0 Å². The van der Waals surface area contributed by atoms with Gasteiger partial charge in [0.15, 0.2) is 5.69 Å². The summed E-state index contributed by atoms with van der Waals surface area (Å²) in [7, 11) is 6.09. The third-order valence-electron chi connectivity index (χ3n) is 4.18. The second-order valence-electron chi connectivity index (χ2n) is 7.06. The molecule has 0 amide bonds. The zero-order valence-electron chi connectivity index (χ0n) is 15.2. The van der Waals surface area contributed by atoms with Gasteiger partial charge in [-0.2, -0.15) is 0 Å². The fraction of sp³-hybridized carbons (Fsp3) is 0.158. The zero-order valence-corrected chi connectivity index (χ0v) is 15.2. The van der Waals surface area contributed by atoms with Gasteiger partial charge in [-0.05, 0) is 35.7 Å². The fourth-order valence-electron chi connectivity index (χ4n) is 2.68. The van der Waals surface area contributed by atoms with E-state index in [-0.39, 0.29) is 28.5 Å². The number of phenols is 1. The number of azo groups is 1. The van der Waals surface area contributed by atoms with Crippen molar-refractivity contribution in [3.63, 3.8) is 0 Å². The van der Waals surface area contributed by atoms with E-state index in [0.717, 1.165) is 11.1 Å². The van der Waals surface area contributed by atoms with Gasteiger partial charge in [0.25, 0.3) is 5.69 Å². The Morgan fingerprint density at radius 3 is 2.41 bits per heavy atom. The summed E-state index contributed by atoms with van der Waals surface area (Å²) in [4.78, 5) is 10.6. The van der Waals surface area contributed by atoms with Gasteiger partial charge in [-0.25, -0.2) is 0 Å². The lowest BCUT2D eigenvalue weighted by atomic mass is 10.1. The van der Waals surface area contributed by atoms with Crippen molar-refractivity contribution in [1.82, 2.24) is 4.48 Å². The summed E-state index contributed by atoms with van der Waals surface area (Å²) in [6, 6.07) is 13.4. The molecule has 0 spiro atoms. The second-order valence-corrected chi connectivity index (χ2v) is 7.06. The van der Waals surface area contributed by atoms with E-state index in [1.54, 1.807) is 6.07 Å². The highest BCUT2D eigenvalue weighted by molar-refractivity contribution is 5.97. The lowest BCUT2D eigenvalue weighted by Gasteiger charge is -2.23. The Balaban J connectivity index is 2.16. The van der Waals surface area contributed by atoms with Crippen LogP contribution in [0.15, 0.2) is 58.8 Å². The Hall–Kier alpha value is -3.52. The number of phenolic OH excluding ortho intramolecular Hbond substituents is 1. The molecular weight excluding hydrogens is 346 g/mol.